The summed E-state index contributed by atoms with van der Waals surface area (Å²) >= 11 is 0. The van der Waals surface area contributed by atoms with Crippen LogP contribution in [0.1, 0.15) is 59.3 Å². The van der Waals surface area contributed by atoms with Crippen LogP contribution in [0, 0.1) is 10.8 Å². The molecule has 3 heteroatoms. The number of nitrogens with two attached hydrogens (primary N) is 1. The molecule has 0 amide bonds. The first-order valence-electron chi connectivity index (χ1n) is 6.75. The van der Waals surface area contributed by atoms with Gasteiger partial charge in [-0.25, -0.2) is 0 Å². The molecule has 2 fully saturated rings. The van der Waals surface area contributed by atoms with E-state index >= 15 is 0 Å². The largest absolute Gasteiger partial charge is 0.460 e. The molecule has 2 N–H and O–H groups in total. The van der Waals surface area contributed by atoms with Crippen molar-refractivity contribution in [1.82, 2.24) is 0 Å². The molecule has 0 aliphatic heterocycles. The van der Waals surface area contributed by atoms with Gasteiger partial charge in [-0.3, -0.25) is 4.79 Å². The van der Waals surface area contributed by atoms with Gasteiger partial charge in [-0.05, 0) is 64.7 Å². The maximum atomic E-state index is 12.3. The van der Waals surface area contributed by atoms with Crippen molar-refractivity contribution >= 4 is 5.97 Å². The van der Waals surface area contributed by atoms with Crippen LogP contribution in [0.25, 0.3) is 0 Å². The highest BCUT2D eigenvalue weighted by Crippen LogP contribution is 2.59. The second-order valence-electron chi connectivity index (χ2n) is 6.99. The highest BCUT2D eigenvalue weighted by atomic mass is 16.6. The average Bonchev–Trinajstić information content (AvgIpc) is 2.97. The monoisotopic (exact) mass is 239 g/mol. The highest BCUT2D eigenvalue weighted by molar-refractivity contribution is 5.77. The lowest BCUT2D eigenvalue weighted by Crippen LogP contribution is -2.45. The zero-order chi connectivity index (χ0) is 12.7. The Hall–Kier alpha value is -0.570. The molecule has 0 aromatic heterocycles. The van der Waals surface area contributed by atoms with Crippen molar-refractivity contribution < 1.29 is 9.53 Å². The van der Waals surface area contributed by atoms with Crippen LogP contribution in [0.5, 0.6) is 0 Å². The van der Waals surface area contributed by atoms with Crippen LogP contribution in [0.2, 0.25) is 0 Å². The number of carbonyl (C=O) groups excluding carboxylic acids is 1. The fourth-order valence-electron chi connectivity index (χ4n) is 2.81. The summed E-state index contributed by atoms with van der Waals surface area (Å²) in [6.45, 7) is 6.18. The molecular weight excluding hydrogens is 214 g/mol. The Bertz CT molecular complexity index is 303. The molecule has 3 nitrogen and oxygen atoms in total. The van der Waals surface area contributed by atoms with E-state index in [1.54, 1.807) is 0 Å². The molecule has 0 aromatic carbocycles. The third-order valence-electron chi connectivity index (χ3n) is 4.45. The number of esters is 1. The first kappa shape index (κ1) is 12.9. The Balaban J connectivity index is 2.02. The van der Waals surface area contributed by atoms with Crippen LogP contribution in [0.15, 0.2) is 0 Å². The van der Waals surface area contributed by atoms with Gasteiger partial charge in [-0.2, -0.15) is 0 Å². The zero-order valence-corrected chi connectivity index (χ0v) is 11.3. The molecule has 0 radical (unpaired) electrons. The predicted molar refractivity (Wildman–Crippen MR) is 67.5 cm³/mol. The minimum atomic E-state index is -0.409. The number of hydrogen-bond donors (Lipinski definition) is 1. The van der Waals surface area contributed by atoms with Crippen LogP contribution in [0.4, 0.5) is 0 Å². The standard InChI is InChI=1S/C14H25NO2/c1-12(2,3)17-11(16)14(10-15)8-6-13(4-5-13)7-9-14/h4-10,15H2,1-3H3. The van der Waals surface area contributed by atoms with Gasteiger partial charge in [0, 0.05) is 6.54 Å². The zero-order valence-electron chi connectivity index (χ0n) is 11.3. The first-order chi connectivity index (χ1) is 7.81. The van der Waals surface area contributed by atoms with Crippen molar-refractivity contribution in [3.05, 3.63) is 0 Å². The first-order valence-corrected chi connectivity index (χ1v) is 6.75. The van der Waals surface area contributed by atoms with Crippen molar-refractivity contribution in [2.75, 3.05) is 6.54 Å². The molecule has 0 saturated heterocycles. The molecule has 0 bridgehead atoms. The average molecular weight is 239 g/mol. The van der Waals surface area contributed by atoms with Gasteiger partial charge in [0.25, 0.3) is 0 Å². The van der Waals surface area contributed by atoms with Crippen LogP contribution >= 0.6 is 0 Å². The van der Waals surface area contributed by atoms with E-state index < -0.39 is 11.0 Å². The van der Waals surface area contributed by atoms with Crippen molar-refractivity contribution in [2.24, 2.45) is 16.6 Å². The van der Waals surface area contributed by atoms with E-state index in [0.717, 1.165) is 25.7 Å². The molecule has 17 heavy (non-hydrogen) atoms. The normalized spacial score (nSPS) is 25.6. The van der Waals surface area contributed by atoms with Crippen molar-refractivity contribution in [3.8, 4) is 0 Å². The second-order valence-corrected chi connectivity index (χ2v) is 6.99. The van der Waals surface area contributed by atoms with Gasteiger partial charge in [0.1, 0.15) is 5.60 Å². The summed E-state index contributed by atoms with van der Waals surface area (Å²) in [6, 6.07) is 0. The molecule has 0 aromatic rings. The van der Waals surface area contributed by atoms with E-state index in [9.17, 15) is 4.79 Å². The van der Waals surface area contributed by atoms with E-state index in [0.29, 0.717) is 12.0 Å². The molecule has 98 valence electrons. The molecule has 2 aliphatic rings. The van der Waals surface area contributed by atoms with E-state index in [1.165, 1.54) is 12.8 Å². The smallest absolute Gasteiger partial charge is 0.313 e. The van der Waals surface area contributed by atoms with Gasteiger partial charge in [0.2, 0.25) is 0 Å². The molecule has 2 aliphatic carbocycles. The van der Waals surface area contributed by atoms with E-state index in [2.05, 4.69) is 0 Å². The maximum Gasteiger partial charge on any atom is 0.313 e. The Labute approximate surface area is 104 Å². The summed E-state index contributed by atoms with van der Waals surface area (Å²) in [5.41, 5.74) is 5.64. The minimum absolute atomic E-state index is 0.0806. The lowest BCUT2D eigenvalue weighted by molar-refractivity contribution is -0.170. The highest BCUT2D eigenvalue weighted by Gasteiger charge is 2.52. The van der Waals surface area contributed by atoms with Gasteiger partial charge >= 0.3 is 5.97 Å². The quantitative estimate of drug-likeness (QED) is 0.754. The van der Waals surface area contributed by atoms with Crippen LogP contribution in [-0.4, -0.2) is 18.1 Å². The Morgan fingerprint density at radius 1 is 1.12 bits per heavy atom. The lowest BCUT2D eigenvalue weighted by atomic mass is 9.69. The maximum absolute atomic E-state index is 12.3. The Kier molecular flexibility index (Phi) is 3.01. The second kappa shape index (κ2) is 3.98. The lowest BCUT2D eigenvalue weighted by Gasteiger charge is -2.39. The number of hydrogen-bond acceptors (Lipinski definition) is 3. The SMILES string of the molecule is CC(C)(C)OC(=O)C1(CN)CCC2(CC2)CC1. The summed E-state index contributed by atoms with van der Waals surface area (Å²) in [5.74, 6) is -0.0806. The predicted octanol–water partition coefficient (Wildman–Crippen LogP) is 2.63. The topological polar surface area (TPSA) is 52.3 Å². The Morgan fingerprint density at radius 3 is 1.94 bits per heavy atom. The van der Waals surface area contributed by atoms with Crippen LogP contribution < -0.4 is 5.73 Å². The van der Waals surface area contributed by atoms with Gasteiger partial charge < -0.3 is 10.5 Å². The Morgan fingerprint density at radius 2 is 1.59 bits per heavy atom. The van der Waals surface area contributed by atoms with Gasteiger partial charge in [-0.15, -0.1) is 0 Å². The minimum Gasteiger partial charge on any atom is -0.460 e. The fraction of sp³-hybridized carbons (Fsp3) is 0.929. The van der Waals surface area contributed by atoms with Gasteiger partial charge in [0.05, 0.1) is 5.41 Å². The summed E-state index contributed by atoms with van der Waals surface area (Å²) in [6.07, 6.45) is 6.84. The van der Waals surface area contributed by atoms with Crippen molar-refractivity contribution in [3.63, 3.8) is 0 Å². The molecule has 2 rings (SSSR count). The number of carbonyl (C=O) groups is 1. The molecule has 0 unspecified atom stereocenters. The van der Waals surface area contributed by atoms with E-state index in [1.807, 2.05) is 20.8 Å². The number of ether oxygens (including phenoxy) is 1. The third kappa shape index (κ3) is 2.65. The van der Waals surface area contributed by atoms with Gasteiger partial charge in [0.15, 0.2) is 0 Å². The molecule has 2 saturated carbocycles. The fourth-order valence-corrected chi connectivity index (χ4v) is 2.81. The van der Waals surface area contributed by atoms with Crippen LogP contribution in [-0.2, 0) is 9.53 Å². The molecular formula is C14H25NO2. The van der Waals surface area contributed by atoms with Crippen LogP contribution in [0.3, 0.4) is 0 Å². The van der Waals surface area contributed by atoms with E-state index in [-0.39, 0.29) is 5.97 Å². The summed E-state index contributed by atoms with van der Waals surface area (Å²) in [7, 11) is 0. The molecule has 0 heterocycles. The summed E-state index contributed by atoms with van der Waals surface area (Å²) in [4.78, 5) is 12.3. The molecule has 1 spiro atoms. The van der Waals surface area contributed by atoms with E-state index in [4.69, 9.17) is 10.5 Å². The van der Waals surface area contributed by atoms with Crippen molar-refractivity contribution in [2.45, 2.75) is 64.9 Å². The summed E-state index contributed by atoms with van der Waals surface area (Å²) in [5, 5.41) is 0. The van der Waals surface area contributed by atoms with Gasteiger partial charge in [-0.1, -0.05) is 0 Å². The summed E-state index contributed by atoms with van der Waals surface area (Å²) < 4.78 is 5.54. The number of rotatable bonds is 2. The molecule has 0 atom stereocenters. The third-order valence-corrected chi connectivity index (χ3v) is 4.45. The van der Waals surface area contributed by atoms with Crippen molar-refractivity contribution in [1.29, 1.82) is 0 Å².